The van der Waals surface area contributed by atoms with Crippen LogP contribution < -0.4 is 19.1 Å². The summed E-state index contributed by atoms with van der Waals surface area (Å²) in [5, 5.41) is 10.3. The average Bonchev–Trinajstić information content (AvgIpc) is 2.73. The van der Waals surface area contributed by atoms with E-state index in [2.05, 4.69) is 12.1 Å². The lowest BCUT2D eigenvalue weighted by Crippen LogP contribution is -3.14. The highest BCUT2D eigenvalue weighted by atomic mass is 16.5. The molecular weight excluding hydrogens is 342 g/mol. The van der Waals surface area contributed by atoms with Gasteiger partial charge in [-0.3, -0.25) is 0 Å². The molecule has 0 radical (unpaired) electrons. The molecule has 0 unspecified atom stereocenters. The first-order chi connectivity index (χ1) is 13.2. The number of benzene rings is 2. The van der Waals surface area contributed by atoms with E-state index in [9.17, 15) is 5.11 Å². The number of aliphatic hydroxyl groups is 1. The van der Waals surface area contributed by atoms with Crippen LogP contribution in [0.1, 0.15) is 24.3 Å². The van der Waals surface area contributed by atoms with Gasteiger partial charge in [-0.05, 0) is 41.8 Å². The molecule has 0 bridgehead atoms. The van der Waals surface area contributed by atoms with Crippen molar-refractivity contribution in [2.75, 3.05) is 40.5 Å². The molecule has 146 valence electrons. The lowest BCUT2D eigenvalue weighted by Gasteiger charge is -2.31. The monoisotopic (exact) mass is 372 g/mol. The van der Waals surface area contributed by atoms with E-state index in [1.165, 1.54) is 10.5 Å². The summed E-state index contributed by atoms with van der Waals surface area (Å²) in [5.74, 6) is 3.07. The van der Waals surface area contributed by atoms with Gasteiger partial charge in [-0.15, -0.1) is 0 Å². The SMILES string of the molecule is COc1ccc(OC[C@H](O)C[NH+]2CCC(c3ccccc3OC)CC2)cc1. The molecule has 0 spiro atoms. The molecule has 2 N–H and O–H groups in total. The van der Waals surface area contributed by atoms with Crippen molar-refractivity contribution < 1.29 is 24.2 Å². The maximum atomic E-state index is 10.3. The number of aliphatic hydroxyl groups excluding tert-OH is 1. The minimum Gasteiger partial charge on any atom is -0.497 e. The molecule has 5 heteroatoms. The molecular formula is C22H30NO4+. The van der Waals surface area contributed by atoms with Crippen LogP contribution in [0.15, 0.2) is 48.5 Å². The quantitative estimate of drug-likeness (QED) is 0.743. The number of rotatable bonds is 8. The van der Waals surface area contributed by atoms with Gasteiger partial charge in [0.15, 0.2) is 0 Å². The number of para-hydroxylation sites is 1. The van der Waals surface area contributed by atoms with Crippen molar-refractivity contribution in [3.05, 3.63) is 54.1 Å². The Hall–Kier alpha value is -2.24. The first kappa shape index (κ1) is 19.5. The van der Waals surface area contributed by atoms with Gasteiger partial charge >= 0.3 is 0 Å². The van der Waals surface area contributed by atoms with Crippen LogP contribution in [0.3, 0.4) is 0 Å². The van der Waals surface area contributed by atoms with Gasteiger partial charge in [0.05, 0.1) is 27.3 Å². The first-order valence-electron chi connectivity index (χ1n) is 9.61. The van der Waals surface area contributed by atoms with E-state index in [1.807, 2.05) is 36.4 Å². The third-order valence-electron chi connectivity index (χ3n) is 5.30. The minimum atomic E-state index is -0.468. The van der Waals surface area contributed by atoms with Gasteiger partial charge in [0, 0.05) is 12.8 Å². The summed E-state index contributed by atoms with van der Waals surface area (Å²) < 4.78 is 16.3. The Labute approximate surface area is 161 Å². The van der Waals surface area contributed by atoms with Gasteiger partial charge in [-0.2, -0.15) is 0 Å². The van der Waals surface area contributed by atoms with Crippen LogP contribution in [0.2, 0.25) is 0 Å². The van der Waals surface area contributed by atoms with Crippen LogP contribution in [-0.2, 0) is 0 Å². The van der Waals surface area contributed by atoms with Crippen molar-refractivity contribution >= 4 is 0 Å². The fourth-order valence-corrected chi connectivity index (χ4v) is 3.80. The van der Waals surface area contributed by atoms with Crippen LogP contribution in [0.5, 0.6) is 17.2 Å². The maximum absolute atomic E-state index is 10.3. The van der Waals surface area contributed by atoms with Crippen LogP contribution >= 0.6 is 0 Å². The molecule has 1 aliphatic rings. The second-order valence-corrected chi connectivity index (χ2v) is 7.11. The van der Waals surface area contributed by atoms with E-state index in [0.29, 0.717) is 12.5 Å². The molecule has 27 heavy (non-hydrogen) atoms. The van der Waals surface area contributed by atoms with E-state index in [4.69, 9.17) is 14.2 Å². The van der Waals surface area contributed by atoms with Crippen molar-refractivity contribution in [2.24, 2.45) is 0 Å². The molecule has 0 aromatic heterocycles. The number of nitrogens with one attached hydrogen (secondary N) is 1. The zero-order chi connectivity index (χ0) is 19.1. The third-order valence-corrected chi connectivity index (χ3v) is 5.30. The van der Waals surface area contributed by atoms with E-state index in [1.54, 1.807) is 14.2 Å². The fraction of sp³-hybridized carbons (Fsp3) is 0.455. The van der Waals surface area contributed by atoms with E-state index in [-0.39, 0.29) is 0 Å². The molecule has 1 fully saturated rings. The molecule has 5 nitrogen and oxygen atoms in total. The topological polar surface area (TPSA) is 52.4 Å². The zero-order valence-electron chi connectivity index (χ0n) is 16.2. The number of ether oxygens (including phenoxy) is 3. The standard InChI is InChI=1S/C22H29NO4/c1-25-19-7-9-20(10-8-19)27-16-18(24)15-23-13-11-17(12-14-23)21-5-3-4-6-22(21)26-2/h3-10,17-18,24H,11-16H2,1-2H3/p+1/t18-/m1/s1. The third kappa shape index (κ3) is 5.37. The lowest BCUT2D eigenvalue weighted by atomic mass is 9.88. The summed E-state index contributed by atoms with van der Waals surface area (Å²) >= 11 is 0. The van der Waals surface area contributed by atoms with Crippen LogP contribution in [-0.4, -0.2) is 51.7 Å². The summed E-state index contributed by atoms with van der Waals surface area (Å²) in [5.41, 5.74) is 1.31. The van der Waals surface area contributed by atoms with Gasteiger partial charge in [0.1, 0.15) is 36.5 Å². The second-order valence-electron chi connectivity index (χ2n) is 7.11. The highest BCUT2D eigenvalue weighted by Gasteiger charge is 2.26. The van der Waals surface area contributed by atoms with Gasteiger partial charge in [-0.25, -0.2) is 0 Å². The Bertz CT molecular complexity index is 696. The Morgan fingerprint density at radius 2 is 1.63 bits per heavy atom. The highest BCUT2D eigenvalue weighted by Crippen LogP contribution is 2.31. The molecule has 1 heterocycles. The largest absolute Gasteiger partial charge is 0.497 e. The second kappa shape index (κ2) is 9.62. The van der Waals surface area contributed by atoms with Crippen molar-refractivity contribution in [3.8, 4) is 17.2 Å². The zero-order valence-corrected chi connectivity index (χ0v) is 16.2. The van der Waals surface area contributed by atoms with Crippen LogP contribution in [0.25, 0.3) is 0 Å². The Morgan fingerprint density at radius 1 is 0.963 bits per heavy atom. The van der Waals surface area contributed by atoms with Crippen molar-refractivity contribution in [1.82, 2.24) is 0 Å². The molecule has 1 atom stereocenters. The van der Waals surface area contributed by atoms with E-state index in [0.717, 1.165) is 49.7 Å². The molecule has 2 aromatic rings. The van der Waals surface area contributed by atoms with Crippen molar-refractivity contribution in [2.45, 2.75) is 24.9 Å². The number of hydrogen-bond donors (Lipinski definition) is 2. The van der Waals surface area contributed by atoms with E-state index < -0.39 is 6.10 Å². The van der Waals surface area contributed by atoms with Gasteiger partial charge in [0.25, 0.3) is 0 Å². The predicted molar refractivity (Wildman–Crippen MR) is 105 cm³/mol. The Kier molecular flexibility index (Phi) is 6.96. The molecule has 1 saturated heterocycles. The lowest BCUT2D eigenvalue weighted by molar-refractivity contribution is -0.908. The summed E-state index contributed by atoms with van der Waals surface area (Å²) in [4.78, 5) is 1.44. The molecule has 3 rings (SSSR count). The Balaban J connectivity index is 1.43. The number of methoxy groups -OCH3 is 2. The number of piperidine rings is 1. The normalized spacial score (nSPS) is 20.7. The number of hydrogen-bond acceptors (Lipinski definition) is 4. The molecule has 0 amide bonds. The predicted octanol–water partition coefficient (Wildman–Crippen LogP) is 1.91. The summed E-state index contributed by atoms with van der Waals surface area (Å²) in [6.45, 7) is 3.14. The van der Waals surface area contributed by atoms with Crippen LogP contribution in [0.4, 0.5) is 0 Å². The highest BCUT2D eigenvalue weighted by molar-refractivity contribution is 5.36. The number of likely N-dealkylation sites (tertiary alicyclic amines) is 1. The summed E-state index contributed by atoms with van der Waals surface area (Å²) in [7, 11) is 3.37. The van der Waals surface area contributed by atoms with Crippen molar-refractivity contribution in [1.29, 1.82) is 0 Å². The van der Waals surface area contributed by atoms with Gasteiger partial charge in [-0.1, -0.05) is 18.2 Å². The average molecular weight is 372 g/mol. The maximum Gasteiger partial charge on any atom is 0.137 e. The summed E-state index contributed by atoms with van der Waals surface area (Å²) in [6.07, 6.45) is 1.76. The van der Waals surface area contributed by atoms with Gasteiger partial charge in [0.2, 0.25) is 0 Å². The molecule has 2 aromatic carbocycles. The number of quaternary nitrogens is 1. The molecule has 0 aliphatic carbocycles. The smallest absolute Gasteiger partial charge is 0.137 e. The molecule has 0 saturated carbocycles. The molecule has 1 aliphatic heterocycles. The van der Waals surface area contributed by atoms with Crippen molar-refractivity contribution in [3.63, 3.8) is 0 Å². The first-order valence-corrected chi connectivity index (χ1v) is 9.61. The summed E-state index contributed by atoms with van der Waals surface area (Å²) in [6, 6.07) is 15.7. The fourth-order valence-electron chi connectivity index (χ4n) is 3.80. The Morgan fingerprint density at radius 3 is 2.30 bits per heavy atom. The minimum absolute atomic E-state index is 0.311. The van der Waals surface area contributed by atoms with Gasteiger partial charge < -0.3 is 24.2 Å². The van der Waals surface area contributed by atoms with Crippen LogP contribution in [0, 0.1) is 0 Å². The van der Waals surface area contributed by atoms with E-state index >= 15 is 0 Å².